The van der Waals surface area contributed by atoms with Gasteiger partial charge in [0.25, 0.3) is 0 Å². The minimum atomic E-state index is -0.257. The summed E-state index contributed by atoms with van der Waals surface area (Å²) in [5.41, 5.74) is 6.17. The number of carbonyl (C=O) groups excluding carboxylic acids is 1. The van der Waals surface area contributed by atoms with Crippen LogP contribution >= 0.6 is 0 Å². The molecule has 0 bridgehead atoms. The quantitative estimate of drug-likeness (QED) is 0.406. The fourth-order valence-corrected chi connectivity index (χ4v) is 4.52. The van der Waals surface area contributed by atoms with Crippen molar-refractivity contribution in [3.63, 3.8) is 0 Å². The molecule has 166 valence electrons. The number of aryl methyl sites for hydroxylation is 1. The molecule has 0 aliphatic carbocycles. The fraction of sp³-hybridized carbons (Fsp3) is 0.179. The summed E-state index contributed by atoms with van der Waals surface area (Å²) in [5.74, 6) is 0.823. The van der Waals surface area contributed by atoms with Gasteiger partial charge in [0.2, 0.25) is 0 Å². The number of rotatable bonds is 4. The molecule has 1 aliphatic rings. The number of benzene rings is 3. The van der Waals surface area contributed by atoms with Gasteiger partial charge in [0.1, 0.15) is 5.75 Å². The van der Waals surface area contributed by atoms with Crippen LogP contribution < -0.4 is 10.1 Å². The van der Waals surface area contributed by atoms with E-state index < -0.39 is 0 Å². The number of hydrogen-bond acceptors (Lipinski definition) is 2. The Kier molecular flexibility index (Phi) is 5.61. The third kappa shape index (κ3) is 4.10. The number of aromatic nitrogens is 1. The zero-order valence-electron chi connectivity index (χ0n) is 18.9. The van der Waals surface area contributed by atoms with Gasteiger partial charge in [0.05, 0.1) is 24.9 Å². The lowest BCUT2D eigenvalue weighted by molar-refractivity contribution is 0.194. The molecule has 0 radical (unpaired) electrons. The molecular weight excluding hydrogens is 410 g/mol. The number of nitrogens with one attached hydrogen (secondary N) is 1. The van der Waals surface area contributed by atoms with Crippen LogP contribution in [0.25, 0.3) is 5.69 Å². The molecule has 0 saturated heterocycles. The van der Waals surface area contributed by atoms with Gasteiger partial charge in [0.15, 0.2) is 0 Å². The maximum Gasteiger partial charge on any atom is 0.322 e. The van der Waals surface area contributed by atoms with Gasteiger partial charge in [-0.2, -0.15) is 0 Å². The maximum atomic E-state index is 13.7. The van der Waals surface area contributed by atoms with Crippen molar-refractivity contribution < 1.29 is 9.53 Å². The summed E-state index contributed by atoms with van der Waals surface area (Å²) in [6.45, 7) is 5.10. The monoisotopic (exact) mass is 437 g/mol. The van der Waals surface area contributed by atoms with Crippen LogP contribution in [0.4, 0.5) is 10.5 Å². The topological polar surface area (TPSA) is 46.5 Å². The van der Waals surface area contributed by atoms with Crippen LogP contribution in [-0.2, 0) is 6.54 Å². The maximum absolute atomic E-state index is 13.7. The Morgan fingerprint density at radius 2 is 1.82 bits per heavy atom. The van der Waals surface area contributed by atoms with Gasteiger partial charge >= 0.3 is 6.03 Å². The SMILES string of the molecule is CCOc1ccc(C2c3cccn3-c3ccccc3CN2C(=O)Nc2cccc(C)c2)cc1. The normalized spacial score (nSPS) is 14.7. The van der Waals surface area contributed by atoms with Gasteiger partial charge in [-0.15, -0.1) is 0 Å². The van der Waals surface area contributed by atoms with Crippen molar-refractivity contribution in [1.29, 1.82) is 0 Å². The lowest BCUT2D eigenvalue weighted by Crippen LogP contribution is -2.37. The zero-order valence-corrected chi connectivity index (χ0v) is 18.9. The second-order valence-electron chi connectivity index (χ2n) is 8.26. The van der Waals surface area contributed by atoms with Crippen molar-refractivity contribution in [2.75, 3.05) is 11.9 Å². The second-order valence-corrected chi connectivity index (χ2v) is 8.26. The molecule has 1 aliphatic heterocycles. The average molecular weight is 438 g/mol. The number of para-hydroxylation sites is 1. The smallest absolute Gasteiger partial charge is 0.322 e. The number of urea groups is 1. The molecule has 1 atom stereocenters. The van der Waals surface area contributed by atoms with Crippen LogP contribution in [0.5, 0.6) is 5.75 Å². The van der Waals surface area contributed by atoms with E-state index in [1.807, 2.05) is 73.3 Å². The van der Waals surface area contributed by atoms with E-state index in [4.69, 9.17) is 4.74 Å². The molecular formula is C28H27N3O2. The molecule has 33 heavy (non-hydrogen) atoms. The van der Waals surface area contributed by atoms with E-state index in [2.05, 4.69) is 46.4 Å². The number of ether oxygens (including phenoxy) is 1. The lowest BCUT2D eigenvalue weighted by atomic mass is 10.0. The van der Waals surface area contributed by atoms with Crippen LogP contribution in [0.15, 0.2) is 91.1 Å². The number of hydrogen-bond donors (Lipinski definition) is 1. The van der Waals surface area contributed by atoms with E-state index in [-0.39, 0.29) is 12.1 Å². The first-order valence-electron chi connectivity index (χ1n) is 11.3. The summed E-state index contributed by atoms with van der Waals surface area (Å²) in [4.78, 5) is 15.6. The summed E-state index contributed by atoms with van der Waals surface area (Å²) < 4.78 is 7.84. The first kappa shape index (κ1) is 20.9. The molecule has 2 amide bonds. The van der Waals surface area contributed by atoms with Crippen LogP contribution in [-0.4, -0.2) is 22.1 Å². The molecule has 0 saturated carbocycles. The number of nitrogens with zero attached hydrogens (tertiary/aromatic N) is 2. The van der Waals surface area contributed by atoms with Crippen molar-refractivity contribution in [2.45, 2.75) is 26.4 Å². The van der Waals surface area contributed by atoms with Gasteiger partial charge < -0.3 is 19.5 Å². The van der Waals surface area contributed by atoms with E-state index in [1.54, 1.807) is 0 Å². The Morgan fingerprint density at radius 3 is 2.61 bits per heavy atom. The minimum Gasteiger partial charge on any atom is -0.494 e. The van der Waals surface area contributed by atoms with Crippen molar-refractivity contribution in [3.8, 4) is 11.4 Å². The first-order valence-corrected chi connectivity index (χ1v) is 11.3. The van der Waals surface area contributed by atoms with E-state index in [1.165, 1.54) is 0 Å². The van der Waals surface area contributed by atoms with Crippen LogP contribution in [0.1, 0.15) is 35.3 Å². The van der Waals surface area contributed by atoms with E-state index in [0.29, 0.717) is 13.2 Å². The number of anilines is 1. The highest BCUT2D eigenvalue weighted by molar-refractivity contribution is 5.90. The molecule has 5 rings (SSSR count). The fourth-order valence-electron chi connectivity index (χ4n) is 4.52. The van der Waals surface area contributed by atoms with E-state index in [0.717, 1.165) is 39.5 Å². The molecule has 3 aromatic carbocycles. The molecule has 1 unspecified atom stereocenters. The van der Waals surface area contributed by atoms with Gasteiger partial charge in [-0.1, -0.05) is 42.5 Å². The molecule has 1 N–H and O–H groups in total. The summed E-state index contributed by atoms with van der Waals surface area (Å²) >= 11 is 0. The van der Waals surface area contributed by atoms with Crippen LogP contribution in [0, 0.1) is 6.92 Å². The third-order valence-electron chi connectivity index (χ3n) is 6.00. The largest absolute Gasteiger partial charge is 0.494 e. The minimum absolute atomic E-state index is 0.135. The Hall–Kier alpha value is -3.99. The summed E-state index contributed by atoms with van der Waals surface area (Å²) in [6, 6.07) is 27.9. The highest BCUT2D eigenvalue weighted by Crippen LogP contribution is 2.37. The molecule has 0 spiro atoms. The summed E-state index contributed by atoms with van der Waals surface area (Å²) in [6.07, 6.45) is 2.07. The number of carbonyl (C=O) groups is 1. The Balaban J connectivity index is 1.60. The lowest BCUT2D eigenvalue weighted by Gasteiger charge is -2.31. The predicted molar refractivity (Wildman–Crippen MR) is 131 cm³/mol. The van der Waals surface area contributed by atoms with Gasteiger partial charge in [0, 0.05) is 17.6 Å². The van der Waals surface area contributed by atoms with Gasteiger partial charge in [-0.3, -0.25) is 0 Å². The predicted octanol–water partition coefficient (Wildman–Crippen LogP) is 6.32. The van der Waals surface area contributed by atoms with Crippen molar-refractivity contribution in [2.24, 2.45) is 0 Å². The Morgan fingerprint density at radius 1 is 1.00 bits per heavy atom. The standard InChI is InChI=1S/C28H27N3O2/c1-3-33-24-15-13-21(14-16-24)27-26-12-7-17-30(26)25-11-5-4-9-22(25)19-31(27)28(32)29-23-10-6-8-20(2)18-23/h4-18,27H,3,19H2,1-2H3,(H,29,32). The van der Waals surface area contributed by atoms with E-state index in [9.17, 15) is 4.79 Å². The Labute approximate surface area is 194 Å². The van der Waals surface area contributed by atoms with Crippen LogP contribution in [0.2, 0.25) is 0 Å². The van der Waals surface area contributed by atoms with Crippen molar-refractivity contribution >= 4 is 11.7 Å². The van der Waals surface area contributed by atoms with Crippen molar-refractivity contribution in [3.05, 3.63) is 114 Å². The summed E-state index contributed by atoms with van der Waals surface area (Å²) in [5, 5.41) is 3.12. The van der Waals surface area contributed by atoms with E-state index >= 15 is 0 Å². The highest BCUT2D eigenvalue weighted by atomic mass is 16.5. The molecule has 5 heteroatoms. The first-order chi connectivity index (χ1) is 16.1. The number of amides is 2. The van der Waals surface area contributed by atoms with Gasteiger partial charge in [-0.05, 0) is 73.0 Å². The zero-order chi connectivity index (χ0) is 22.8. The third-order valence-corrected chi connectivity index (χ3v) is 6.00. The molecule has 2 heterocycles. The van der Waals surface area contributed by atoms with Crippen LogP contribution in [0.3, 0.4) is 0 Å². The van der Waals surface area contributed by atoms with Gasteiger partial charge in [-0.25, -0.2) is 4.79 Å². The Bertz CT molecular complexity index is 1280. The molecule has 1 aromatic heterocycles. The van der Waals surface area contributed by atoms with Crippen molar-refractivity contribution in [1.82, 2.24) is 9.47 Å². The highest BCUT2D eigenvalue weighted by Gasteiger charge is 2.33. The molecule has 0 fully saturated rings. The molecule has 4 aromatic rings. The second kappa shape index (κ2) is 8.87. The average Bonchev–Trinajstić information content (AvgIpc) is 3.24. The molecule has 5 nitrogen and oxygen atoms in total. The summed E-state index contributed by atoms with van der Waals surface area (Å²) in [7, 11) is 0. The number of fused-ring (bicyclic) bond motifs is 3.